The van der Waals surface area contributed by atoms with Crippen LogP contribution in [0.1, 0.15) is 95.5 Å². The summed E-state index contributed by atoms with van der Waals surface area (Å²) in [6.45, 7) is 0.989. The van der Waals surface area contributed by atoms with Gasteiger partial charge in [0.25, 0.3) is 0 Å². The van der Waals surface area contributed by atoms with Gasteiger partial charge in [-0.25, -0.2) is 0 Å². The molecular weight excluding hydrogens is 392 g/mol. The summed E-state index contributed by atoms with van der Waals surface area (Å²) in [5.41, 5.74) is 1.25. The van der Waals surface area contributed by atoms with Gasteiger partial charge in [-0.3, -0.25) is 9.59 Å². The number of ether oxygens (including phenoxy) is 2. The molecule has 5 heteroatoms. The van der Waals surface area contributed by atoms with Crippen molar-refractivity contribution in [1.29, 1.82) is 0 Å². The van der Waals surface area contributed by atoms with Crippen LogP contribution in [0.5, 0.6) is 0 Å². The van der Waals surface area contributed by atoms with E-state index in [1.54, 1.807) is 0 Å². The van der Waals surface area contributed by atoms with E-state index in [0.717, 1.165) is 83.3 Å². The van der Waals surface area contributed by atoms with E-state index in [1.165, 1.54) is 5.56 Å². The molecule has 0 radical (unpaired) electrons. The highest BCUT2D eigenvalue weighted by molar-refractivity contribution is 5.69. The summed E-state index contributed by atoms with van der Waals surface area (Å²) in [4.78, 5) is 33.6. The zero-order valence-corrected chi connectivity index (χ0v) is 19.0. The number of hydrogen-bond acceptors (Lipinski definition) is 5. The van der Waals surface area contributed by atoms with E-state index in [0.29, 0.717) is 32.5 Å². The zero-order valence-electron chi connectivity index (χ0n) is 19.0. The Morgan fingerprint density at radius 3 is 1.77 bits per heavy atom. The number of unbranched alkanes of at least 4 members (excludes halogenated alkanes) is 9. The molecule has 1 rings (SSSR count). The van der Waals surface area contributed by atoms with Crippen molar-refractivity contribution in [2.75, 3.05) is 13.2 Å². The van der Waals surface area contributed by atoms with Crippen LogP contribution in [0.15, 0.2) is 30.3 Å². The van der Waals surface area contributed by atoms with Crippen molar-refractivity contribution in [2.24, 2.45) is 0 Å². The molecule has 0 fully saturated rings. The number of carbonyl (C=O) groups excluding carboxylic acids is 3. The molecule has 5 nitrogen and oxygen atoms in total. The number of rotatable bonds is 20. The van der Waals surface area contributed by atoms with Gasteiger partial charge in [0.15, 0.2) is 0 Å². The SMILES string of the molecule is O=CCCCCCCCC(=O)OCCCCCCCOC(=O)CCCc1ccccc1. The first-order valence-corrected chi connectivity index (χ1v) is 12.0. The number of aryl methyl sites for hydroxylation is 1. The smallest absolute Gasteiger partial charge is 0.305 e. The second kappa shape index (κ2) is 19.8. The van der Waals surface area contributed by atoms with Crippen LogP contribution < -0.4 is 0 Å². The monoisotopic (exact) mass is 432 g/mol. The topological polar surface area (TPSA) is 69.7 Å². The largest absolute Gasteiger partial charge is 0.466 e. The van der Waals surface area contributed by atoms with Crippen molar-refractivity contribution in [1.82, 2.24) is 0 Å². The highest BCUT2D eigenvalue weighted by atomic mass is 16.5. The van der Waals surface area contributed by atoms with Gasteiger partial charge in [-0.2, -0.15) is 0 Å². The minimum Gasteiger partial charge on any atom is -0.466 e. The average molecular weight is 433 g/mol. The molecule has 0 heterocycles. The first kappa shape index (κ1) is 26.9. The lowest BCUT2D eigenvalue weighted by Crippen LogP contribution is -2.06. The number of carbonyl (C=O) groups is 3. The normalized spacial score (nSPS) is 10.6. The number of hydrogen-bond donors (Lipinski definition) is 0. The molecule has 0 unspecified atom stereocenters. The van der Waals surface area contributed by atoms with Crippen LogP contribution in [-0.2, 0) is 30.3 Å². The lowest BCUT2D eigenvalue weighted by atomic mass is 10.1. The molecule has 0 N–H and O–H groups in total. The van der Waals surface area contributed by atoms with Gasteiger partial charge in [0.2, 0.25) is 0 Å². The van der Waals surface area contributed by atoms with Crippen molar-refractivity contribution >= 4 is 18.2 Å². The van der Waals surface area contributed by atoms with Crippen LogP contribution in [0.4, 0.5) is 0 Å². The second-order valence-electron chi connectivity index (χ2n) is 8.02. The minimum atomic E-state index is -0.108. The first-order chi connectivity index (χ1) is 15.2. The number of benzene rings is 1. The van der Waals surface area contributed by atoms with Crippen molar-refractivity contribution in [3.05, 3.63) is 35.9 Å². The predicted molar refractivity (Wildman–Crippen MR) is 123 cm³/mol. The lowest BCUT2D eigenvalue weighted by molar-refractivity contribution is -0.144. The van der Waals surface area contributed by atoms with Crippen molar-refractivity contribution in [3.8, 4) is 0 Å². The summed E-state index contributed by atoms with van der Waals surface area (Å²) < 4.78 is 10.6. The van der Waals surface area contributed by atoms with Crippen molar-refractivity contribution in [3.63, 3.8) is 0 Å². The van der Waals surface area contributed by atoms with Gasteiger partial charge in [0.1, 0.15) is 6.29 Å². The molecular formula is C26H40O5. The number of aldehydes is 1. The third-order valence-corrected chi connectivity index (χ3v) is 5.21. The fourth-order valence-corrected chi connectivity index (χ4v) is 3.36. The van der Waals surface area contributed by atoms with Gasteiger partial charge in [0, 0.05) is 19.3 Å². The molecule has 0 bridgehead atoms. The Balaban J connectivity index is 1.81. The van der Waals surface area contributed by atoms with Crippen LogP contribution in [0.2, 0.25) is 0 Å². The molecule has 0 spiro atoms. The summed E-state index contributed by atoms with van der Waals surface area (Å²) in [5.74, 6) is -0.212. The van der Waals surface area contributed by atoms with E-state index in [9.17, 15) is 14.4 Å². The van der Waals surface area contributed by atoms with Crippen LogP contribution in [-0.4, -0.2) is 31.4 Å². The Hall–Kier alpha value is -2.17. The fourth-order valence-electron chi connectivity index (χ4n) is 3.36. The maximum atomic E-state index is 11.7. The Morgan fingerprint density at radius 1 is 0.645 bits per heavy atom. The van der Waals surface area contributed by atoms with E-state index < -0.39 is 0 Å². The molecule has 1 aromatic rings. The van der Waals surface area contributed by atoms with Gasteiger partial charge in [0.05, 0.1) is 13.2 Å². The molecule has 0 atom stereocenters. The van der Waals surface area contributed by atoms with Crippen LogP contribution in [0.25, 0.3) is 0 Å². The Labute approximate surface area is 187 Å². The Morgan fingerprint density at radius 2 is 1.16 bits per heavy atom. The molecule has 0 aliphatic carbocycles. The van der Waals surface area contributed by atoms with Crippen molar-refractivity contribution in [2.45, 2.75) is 96.3 Å². The van der Waals surface area contributed by atoms with Gasteiger partial charge in [-0.05, 0) is 44.1 Å². The summed E-state index contributed by atoms with van der Waals surface area (Å²) in [6, 6.07) is 10.2. The standard InChI is InChI=1S/C26H40O5/c27-21-12-5-2-1-4-11-19-25(28)30-22-13-6-3-7-14-23-31-26(29)20-15-18-24-16-9-8-10-17-24/h8-10,16-17,21H,1-7,11-15,18-20,22-23H2. The average Bonchev–Trinajstić information content (AvgIpc) is 2.78. The molecule has 0 aliphatic heterocycles. The maximum absolute atomic E-state index is 11.7. The molecule has 174 valence electrons. The molecule has 0 aliphatic rings. The third kappa shape index (κ3) is 17.2. The quantitative estimate of drug-likeness (QED) is 0.144. The molecule has 1 aromatic carbocycles. The molecule has 0 saturated heterocycles. The summed E-state index contributed by atoms with van der Waals surface area (Å²) in [7, 11) is 0. The minimum absolute atomic E-state index is 0.105. The first-order valence-electron chi connectivity index (χ1n) is 12.0. The van der Waals surface area contributed by atoms with Gasteiger partial charge in [-0.15, -0.1) is 0 Å². The molecule has 0 saturated carbocycles. The lowest BCUT2D eigenvalue weighted by Gasteiger charge is -2.06. The van der Waals surface area contributed by atoms with E-state index in [-0.39, 0.29) is 11.9 Å². The second-order valence-corrected chi connectivity index (χ2v) is 8.02. The highest BCUT2D eigenvalue weighted by Gasteiger charge is 2.04. The van der Waals surface area contributed by atoms with E-state index in [4.69, 9.17) is 9.47 Å². The summed E-state index contributed by atoms with van der Waals surface area (Å²) >= 11 is 0. The predicted octanol–water partition coefficient (Wildman–Crippen LogP) is 5.98. The molecule has 0 amide bonds. The number of esters is 2. The Kier molecular flexibility index (Phi) is 17.1. The van der Waals surface area contributed by atoms with Crippen molar-refractivity contribution < 1.29 is 23.9 Å². The van der Waals surface area contributed by atoms with E-state index in [1.807, 2.05) is 18.2 Å². The van der Waals surface area contributed by atoms with Gasteiger partial charge in [-0.1, -0.05) is 68.9 Å². The molecule has 0 aromatic heterocycles. The van der Waals surface area contributed by atoms with Crippen LogP contribution >= 0.6 is 0 Å². The van der Waals surface area contributed by atoms with E-state index >= 15 is 0 Å². The maximum Gasteiger partial charge on any atom is 0.305 e. The Bertz CT molecular complexity index is 585. The summed E-state index contributed by atoms with van der Waals surface area (Å²) in [5, 5.41) is 0. The zero-order chi connectivity index (χ0) is 22.4. The van der Waals surface area contributed by atoms with Crippen LogP contribution in [0, 0.1) is 0 Å². The highest BCUT2D eigenvalue weighted by Crippen LogP contribution is 2.09. The van der Waals surface area contributed by atoms with Gasteiger partial charge >= 0.3 is 11.9 Å². The summed E-state index contributed by atoms with van der Waals surface area (Å²) in [6.07, 6.45) is 14.1. The third-order valence-electron chi connectivity index (χ3n) is 5.21. The fraction of sp³-hybridized carbons (Fsp3) is 0.654. The van der Waals surface area contributed by atoms with E-state index in [2.05, 4.69) is 12.1 Å². The molecule has 31 heavy (non-hydrogen) atoms. The van der Waals surface area contributed by atoms with Gasteiger partial charge < -0.3 is 14.3 Å². The van der Waals surface area contributed by atoms with Crippen LogP contribution in [0.3, 0.4) is 0 Å².